The topological polar surface area (TPSA) is 129 Å². The summed E-state index contributed by atoms with van der Waals surface area (Å²) in [5.41, 5.74) is -2.00. The van der Waals surface area contributed by atoms with E-state index < -0.39 is 45.9 Å². The van der Waals surface area contributed by atoms with Gasteiger partial charge in [0, 0.05) is 26.2 Å². The summed E-state index contributed by atoms with van der Waals surface area (Å²) in [5, 5.41) is 36.6. The van der Waals surface area contributed by atoms with Gasteiger partial charge in [0.05, 0.1) is 0 Å². The van der Waals surface area contributed by atoms with Crippen molar-refractivity contribution in [1.29, 1.82) is 10.8 Å². The molecule has 3 aliphatic rings. The number of carbonyl (C=O) groups is 2. The number of likely N-dealkylation sites (tertiary alicyclic amines) is 2. The van der Waals surface area contributed by atoms with Gasteiger partial charge in [0.25, 0.3) is 11.8 Å². The summed E-state index contributed by atoms with van der Waals surface area (Å²) in [6, 6.07) is 0. The summed E-state index contributed by atoms with van der Waals surface area (Å²) >= 11 is 0. The molecule has 2 aliphatic heterocycles. The number of hydrogen-bond acceptors (Lipinski definition) is 6. The van der Waals surface area contributed by atoms with Crippen molar-refractivity contribution >= 4 is 23.2 Å². The van der Waals surface area contributed by atoms with Crippen LogP contribution in [-0.4, -0.2) is 69.4 Å². The van der Waals surface area contributed by atoms with E-state index in [2.05, 4.69) is 0 Å². The molecule has 8 heteroatoms. The summed E-state index contributed by atoms with van der Waals surface area (Å²) < 4.78 is 0. The average molecular weight is 332 g/mol. The molecule has 2 amide bonds. The van der Waals surface area contributed by atoms with Crippen LogP contribution in [-0.2, 0) is 9.59 Å². The van der Waals surface area contributed by atoms with Crippen molar-refractivity contribution in [2.75, 3.05) is 26.2 Å². The fourth-order valence-corrected chi connectivity index (χ4v) is 3.30. The van der Waals surface area contributed by atoms with E-state index in [4.69, 9.17) is 10.8 Å². The molecule has 2 saturated heterocycles. The first kappa shape index (κ1) is 16.2. The van der Waals surface area contributed by atoms with Crippen molar-refractivity contribution in [3.63, 3.8) is 0 Å². The third kappa shape index (κ3) is 2.47. The van der Waals surface area contributed by atoms with Crippen LogP contribution >= 0.6 is 0 Å². The molecule has 0 bridgehead atoms. The predicted molar refractivity (Wildman–Crippen MR) is 86.4 cm³/mol. The van der Waals surface area contributed by atoms with Crippen LogP contribution < -0.4 is 0 Å². The van der Waals surface area contributed by atoms with E-state index in [1.165, 1.54) is 9.80 Å². The molecule has 0 unspecified atom stereocenters. The first-order valence-corrected chi connectivity index (χ1v) is 8.07. The SMILES string of the molecule is N=C1C(O)=C(C(=O)N2CCCC2)C(=N)C(O)=C1C(=O)N1CCCC1. The van der Waals surface area contributed by atoms with Crippen molar-refractivity contribution in [2.45, 2.75) is 25.7 Å². The summed E-state index contributed by atoms with van der Waals surface area (Å²) in [4.78, 5) is 27.9. The second kappa shape index (κ2) is 6.10. The van der Waals surface area contributed by atoms with E-state index in [-0.39, 0.29) is 0 Å². The normalized spacial score (nSPS) is 22.0. The van der Waals surface area contributed by atoms with Crippen molar-refractivity contribution < 1.29 is 19.8 Å². The Labute approximate surface area is 139 Å². The third-order valence-electron chi connectivity index (χ3n) is 4.66. The monoisotopic (exact) mass is 332 g/mol. The van der Waals surface area contributed by atoms with Crippen molar-refractivity contribution in [3.8, 4) is 0 Å². The maximum Gasteiger partial charge on any atom is 0.260 e. The van der Waals surface area contributed by atoms with Crippen LogP contribution in [0.2, 0.25) is 0 Å². The van der Waals surface area contributed by atoms with Crippen molar-refractivity contribution in [1.82, 2.24) is 9.80 Å². The first-order chi connectivity index (χ1) is 11.4. The van der Waals surface area contributed by atoms with Gasteiger partial charge in [0.1, 0.15) is 22.6 Å². The van der Waals surface area contributed by atoms with Crippen LogP contribution in [0, 0.1) is 10.8 Å². The van der Waals surface area contributed by atoms with Gasteiger partial charge in [-0.15, -0.1) is 0 Å². The van der Waals surface area contributed by atoms with Gasteiger partial charge in [-0.1, -0.05) is 0 Å². The Morgan fingerprint density at radius 2 is 1.00 bits per heavy atom. The number of nitrogens with zero attached hydrogens (tertiary/aromatic N) is 2. The molecule has 0 radical (unpaired) electrons. The standard InChI is InChI=1S/C16H20N4O4/c17-11-9(15(23)19-5-1-2-6-19)13(21)12(18)10(14(11)22)16(24)20-7-3-4-8-20/h17-18,21-22H,1-8H2. The highest BCUT2D eigenvalue weighted by molar-refractivity contribution is 6.40. The third-order valence-corrected chi connectivity index (χ3v) is 4.66. The van der Waals surface area contributed by atoms with E-state index in [0.717, 1.165) is 25.7 Å². The molecule has 0 aromatic heterocycles. The van der Waals surface area contributed by atoms with Gasteiger partial charge in [-0.2, -0.15) is 0 Å². The van der Waals surface area contributed by atoms with Gasteiger partial charge >= 0.3 is 0 Å². The minimum Gasteiger partial charge on any atom is -0.505 e. The fraction of sp³-hybridized carbons (Fsp3) is 0.500. The van der Waals surface area contributed by atoms with E-state index in [1.54, 1.807) is 0 Å². The van der Waals surface area contributed by atoms with Crippen LogP contribution in [0.5, 0.6) is 0 Å². The smallest absolute Gasteiger partial charge is 0.260 e. The van der Waals surface area contributed by atoms with Crippen LogP contribution in [0.3, 0.4) is 0 Å². The molecule has 2 fully saturated rings. The van der Waals surface area contributed by atoms with Gasteiger partial charge in [0.2, 0.25) is 0 Å². The van der Waals surface area contributed by atoms with Crippen LogP contribution in [0.1, 0.15) is 25.7 Å². The lowest BCUT2D eigenvalue weighted by atomic mass is 9.90. The molecule has 0 atom stereocenters. The largest absolute Gasteiger partial charge is 0.505 e. The highest BCUT2D eigenvalue weighted by Crippen LogP contribution is 2.27. The average Bonchev–Trinajstić information content (AvgIpc) is 3.26. The van der Waals surface area contributed by atoms with Crippen molar-refractivity contribution in [2.24, 2.45) is 0 Å². The number of aliphatic hydroxyl groups excluding tert-OH is 2. The van der Waals surface area contributed by atoms with Gasteiger partial charge in [0.15, 0.2) is 11.5 Å². The molecule has 1 aliphatic carbocycles. The molecule has 0 aromatic rings. The lowest BCUT2D eigenvalue weighted by molar-refractivity contribution is -0.126. The molecule has 24 heavy (non-hydrogen) atoms. The maximum absolute atomic E-state index is 12.5. The number of rotatable bonds is 2. The molecule has 0 saturated carbocycles. The second-order valence-electron chi connectivity index (χ2n) is 6.20. The number of allylic oxidation sites excluding steroid dienone is 2. The number of carbonyl (C=O) groups excluding carboxylic acids is 2. The summed E-state index contributed by atoms with van der Waals surface area (Å²) in [6.45, 7) is 2.06. The minimum atomic E-state index is -0.711. The summed E-state index contributed by atoms with van der Waals surface area (Å²) in [6.07, 6.45) is 3.35. The molecule has 0 aromatic carbocycles. The Morgan fingerprint density at radius 3 is 1.29 bits per heavy atom. The number of aliphatic hydroxyl groups is 2. The summed E-state index contributed by atoms with van der Waals surface area (Å²) in [7, 11) is 0. The van der Waals surface area contributed by atoms with Gasteiger partial charge < -0.3 is 20.0 Å². The van der Waals surface area contributed by atoms with Gasteiger partial charge in [-0.25, -0.2) is 0 Å². The molecular formula is C16H20N4O4. The molecule has 128 valence electrons. The molecule has 3 rings (SSSR count). The molecule has 4 N–H and O–H groups in total. The maximum atomic E-state index is 12.5. The Hall–Kier alpha value is -2.64. The number of nitrogens with one attached hydrogen (secondary N) is 2. The molecule has 2 heterocycles. The molecule has 0 spiro atoms. The van der Waals surface area contributed by atoms with E-state index in [1.807, 2.05) is 0 Å². The zero-order valence-corrected chi connectivity index (χ0v) is 13.3. The summed E-state index contributed by atoms with van der Waals surface area (Å²) in [5.74, 6) is -2.59. The van der Waals surface area contributed by atoms with E-state index >= 15 is 0 Å². The Balaban J connectivity index is 1.93. The lowest BCUT2D eigenvalue weighted by Crippen LogP contribution is -2.40. The quantitative estimate of drug-likeness (QED) is 0.560. The lowest BCUT2D eigenvalue weighted by Gasteiger charge is -2.25. The molecular weight excluding hydrogens is 312 g/mol. The molecule has 8 nitrogen and oxygen atoms in total. The predicted octanol–water partition coefficient (Wildman–Crippen LogP) is 0.909. The van der Waals surface area contributed by atoms with Gasteiger partial charge in [-0.3, -0.25) is 20.4 Å². The fourth-order valence-electron chi connectivity index (χ4n) is 3.30. The highest BCUT2D eigenvalue weighted by Gasteiger charge is 2.40. The Morgan fingerprint density at radius 1 is 0.708 bits per heavy atom. The van der Waals surface area contributed by atoms with Gasteiger partial charge in [-0.05, 0) is 25.7 Å². The first-order valence-electron chi connectivity index (χ1n) is 8.07. The zero-order valence-electron chi connectivity index (χ0n) is 13.3. The van der Waals surface area contributed by atoms with Crippen molar-refractivity contribution in [3.05, 3.63) is 22.7 Å². The second-order valence-corrected chi connectivity index (χ2v) is 6.20. The van der Waals surface area contributed by atoms with Crippen LogP contribution in [0.15, 0.2) is 22.7 Å². The Bertz CT molecular complexity index is 635. The van der Waals surface area contributed by atoms with Crippen LogP contribution in [0.4, 0.5) is 0 Å². The Kier molecular flexibility index (Phi) is 4.13. The highest BCUT2D eigenvalue weighted by atomic mass is 16.3. The van der Waals surface area contributed by atoms with Crippen LogP contribution in [0.25, 0.3) is 0 Å². The minimum absolute atomic E-state index is 0.405. The zero-order chi connectivity index (χ0) is 17.4. The number of hydrogen-bond donors (Lipinski definition) is 4. The van der Waals surface area contributed by atoms with E-state index in [0.29, 0.717) is 26.2 Å². The van der Waals surface area contributed by atoms with E-state index in [9.17, 15) is 19.8 Å². The number of amides is 2.